The van der Waals surface area contributed by atoms with Crippen LogP contribution in [0, 0.1) is 5.92 Å². The predicted molar refractivity (Wildman–Crippen MR) is 86.6 cm³/mol. The summed E-state index contributed by atoms with van der Waals surface area (Å²) in [5, 5.41) is 2.82. The molecule has 1 aromatic carbocycles. The van der Waals surface area contributed by atoms with Crippen LogP contribution in [0.4, 0.5) is 5.69 Å². The number of nitrogens with two attached hydrogens (primary N) is 1. The lowest BCUT2D eigenvalue weighted by atomic mass is 10.0. The van der Waals surface area contributed by atoms with E-state index in [1.165, 1.54) is 0 Å². The summed E-state index contributed by atoms with van der Waals surface area (Å²) in [6, 6.07) is 6.87. The fourth-order valence-electron chi connectivity index (χ4n) is 1.83. The van der Waals surface area contributed by atoms with Crippen molar-refractivity contribution < 1.29 is 9.53 Å². The molecule has 1 aromatic rings. The molecule has 1 atom stereocenters. The van der Waals surface area contributed by atoms with Crippen LogP contribution in [-0.4, -0.2) is 44.1 Å². The van der Waals surface area contributed by atoms with Crippen molar-refractivity contribution in [3.05, 3.63) is 24.3 Å². The second-order valence-corrected chi connectivity index (χ2v) is 5.90. The molecule has 0 radical (unpaired) electrons. The van der Waals surface area contributed by atoms with Gasteiger partial charge in [0.05, 0.1) is 6.04 Å². The highest BCUT2D eigenvalue weighted by Crippen LogP contribution is 2.16. The van der Waals surface area contributed by atoms with Gasteiger partial charge in [-0.15, -0.1) is 0 Å². The van der Waals surface area contributed by atoms with E-state index in [-0.39, 0.29) is 5.91 Å². The first-order valence-corrected chi connectivity index (χ1v) is 7.32. The number of likely N-dealkylation sites (N-methyl/N-ethyl adjacent to an activating group) is 1. The molecule has 0 fully saturated rings. The summed E-state index contributed by atoms with van der Waals surface area (Å²) in [5.74, 6) is 1.05. The zero-order chi connectivity index (χ0) is 15.8. The lowest BCUT2D eigenvalue weighted by Gasteiger charge is -2.14. The van der Waals surface area contributed by atoms with E-state index in [4.69, 9.17) is 10.5 Å². The lowest BCUT2D eigenvalue weighted by Crippen LogP contribution is -2.36. The Hall–Kier alpha value is -1.59. The minimum absolute atomic E-state index is 0.148. The van der Waals surface area contributed by atoms with Crippen molar-refractivity contribution in [3.8, 4) is 5.75 Å². The van der Waals surface area contributed by atoms with Gasteiger partial charge in [0, 0.05) is 12.2 Å². The number of ether oxygens (including phenoxy) is 1. The Balaban J connectivity index is 2.45. The maximum Gasteiger partial charge on any atom is 0.241 e. The minimum atomic E-state index is -0.471. The Labute approximate surface area is 127 Å². The Bertz CT molecular complexity index is 430. The molecule has 0 saturated heterocycles. The Morgan fingerprint density at radius 2 is 1.90 bits per heavy atom. The smallest absolute Gasteiger partial charge is 0.241 e. The largest absolute Gasteiger partial charge is 0.492 e. The number of nitrogens with one attached hydrogen (secondary N) is 1. The first kappa shape index (κ1) is 17.5. The van der Waals surface area contributed by atoms with Gasteiger partial charge in [-0.25, -0.2) is 0 Å². The second-order valence-electron chi connectivity index (χ2n) is 5.90. The highest BCUT2D eigenvalue weighted by atomic mass is 16.5. The van der Waals surface area contributed by atoms with Crippen LogP contribution in [0.25, 0.3) is 0 Å². The summed E-state index contributed by atoms with van der Waals surface area (Å²) in [7, 11) is 4.00. The van der Waals surface area contributed by atoms with E-state index in [0.29, 0.717) is 18.9 Å². The van der Waals surface area contributed by atoms with Crippen molar-refractivity contribution >= 4 is 11.6 Å². The Morgan fingerprint density at radius 3 is 2.43 bits per heavy atom. The molecule has 0 heterocycles. The van der Waals surface area contributed by atoms with Gasteiger partial charge in [-0.05, 0) is 50.7 Å². The number of carbonyl (C=O) groups is 1. The molecule has 0 aliphatic rings. The van der Waals surface area contributed by atoms with Crippen molar-refractivity contribution in [1.29, 1.82) is 0 Å². The molecule has 3 N–H and O–H groups in total. The first-order valence-electron chi connectivity index (χ1n) is 7.32. The molecule has 0 spiro atoms. The van der Waals surface area contributed by atoms with Crippen molar-refractivity contribution in [1.82, 2.24) is 4.90 Å². The van der Waals surface area contributed by atoms with Gasteiger partial charge in [0.25, 0.3) is 0 Å². The average molecular weight is 293 g/mol. The van der Waals surface area contributed by atoms with Crippen LogP contribution < -0.4 is 15.8 Å². The maximum atomic E-state index is 11.9. The van der Waals surface area contributed by atoms with Crippen molar-refractivity contribution in [3.63, 3.8) is 0 Å². The zero-order valence-electron chi connectivity index (χ0n) is 13.4. The van der Waals surface area contributed by atoms with Crippen LogP contribution in [0.1, 0.15) is 20.3 Å². The zero-order valence-corrected chi connectivity index (χ0v) is 13.4. The van der Waals surface area contributed by atoms with E-state index >= 15 is 0 Å². The summed E-state index contributed by atoms with van der Waals surface area (Å²) >= 11 is 0. The number of nitrogens with zero attached hydrogens (tertiary/aromatic N) is 1. The van der Waals surface area contributed by atoms with Crippen LogP contribution in [0.5, 0.6) is 5.75 Å². The third-order valence-corrected chi connectivity index (χ3v) is 2.99. The highest BCUT2D eigenvalue weighted by molar-refractivity contribution is 5.94. The van der Waals surface area contributed by atoms with Gasteiger partial charge in [-0.2, -0.15) is 0 Å². The number of anilines is 1. The van der Waals surface area contributed by atoms with E-state index in [9.17, 15) is 4.79 Å². The molecule has 5 heteroatoms. The molecule has 0 aromatic heterocycles. The molecule has 0 unspecified atom stereocenters. The lowest BCUT2D eigenvalue weighted by molar-refractivity contribution is -0.117. The SMILES string of the molecule is CC(C)C[C@@H](N)C(=O)Nc1ccc(OCCN(C)C)cc1. The normalized spacial score (nSPS) is 12.5. The molecule has 1 rings (SSSR count). The molecule has 1 amide bonds. The Kier molecular flexibility index (Phi) is 7.19. The van der Waals surface area contributed by atoms with E-state index in [1.54, 1.807) is 0 Å². The average Bonchev–Trinajstić information content (AvgIpc) is 2.39. The summed E-state index contributed by atoms with van der Waals surface area (Å²) in [6.07, 6.45) is 0.678. The molecular weight excluding hydrogens is 266 g/mol. The van der Waals surface area contributed by atoms with Gasteiger partial charge < -0.3 is 20.7 Å². The number of amides is 1. The quantitative estimate of drug-likeness (QED) is 0.768. The van der Waals surface area contributed by atoms with Crippen molar-refractivity contribution in [2.75, 3.05) is 32.6 Å². The predicted octanol–water partition coefficient (Wildman–Crippen LogP) is 1.94. The van der Waals surface area contributed by atoms with Gasteiger partial charge >= 0.3 is 0 Å². The Morgan fingerprint density at radius 1 is 1.29 bits per heavy atom. The molecule has 21 heavy (non-hydrogen) atoms. The van der Waals surface area contributed by atoms with Gasteiger partial charge in [0.1, 0.15) is 12.4 Å². The van der Waals surface area contributed by atoms with E-state index in [2.05, 4.69) is 10.2 Å². The van der Waals surface area contributed by atoms with E-state index in [0.717, 1.165) is 18.0 Å². The number of benzene rings is 1. The van der Waals surface area contributed by atoms with Gasteiger partial charge in [0.2, 0.25) is 5.91 Å². The van der Waals surface area contributed by atoms with Gasteiger partial charge in [0.15, 0.2) is 0 Å². The van der Waals surface area contributed by atoms with Crippen LogP contribution >= 0.6 is 0 Å². The molecule has 118 valence electrons. The van der Waals surface area contributed by atoms with Gasteiger partial charge in [-0.3, -0.25) is 4.79 Å². The van der Waals surface area contributed by atoms with E-state index in [1.807, 2.05) is 52.2 Å². The third-order valence-electron chi connectivity index (χ3n) is 2.99. The monoisotopic (exact) mass is 293 g/mol. The summed E-state index contributed by atoms with van der Waals surface area (Å²) in [5.41, 5.74) is 6.58. The molecular formula is C16H27N3O2. The number of hydrogen-bond acceptors (Lipinski definition) is 4. The third kappa shape index (κ3) is 7.11. The second kappa shape index (κ2) is 8.64. The van der Waals surface area contributed by atoms with Crippen LogP contribution in [0.15, 0.2) is 24.3 Å². The molecule has 0 saturated carbocycles. The topological polar surface area (TPSA) is 67.6 Å². The summed E-state index contributed by atoms with van der Waals surface area (Å²) < 4.78 is 5.60. The summed E-state index contributed by atoms with van der Waals surface area (Å²) in [4.78, 5) is 14.0. The minimum Gasteiger partial charge on any atom is -0.492 e. The molecule has 5 nitrogen and oxygen atoms in total. The standard InChI is InChI=1S/C16H27N3O2/c1-12(2)11-15(17)16(20)18-13-5-7-14(8-6-13)21-10-9-19(3)4/h5-8,12,15H,9-11,17H2,1-4H3,(H,18,20)/t15-/m1/s1. The number of carbonyl (C=O) groups excluding carboxylic acids is 1. The van der Waals surface area contributed by atoms with Gasteiger partial charge in [-0.1, -0.05) is 13.8 Å². The molecule has 0 aliphatic heterocycles. The van der Waals surface area contributed by atoms with Crippen LogP contribution in [-0.2, 0) is 4.79 Å². The van der Waals surface area contributed by atoms with E-state index < -0.39 is 6.04 Å². The fourth-order valence-corrected chi connectivity index (χ4v) is 1.83. The van der Waals surface area contributed by atoms with Crippen molar-refractivity contribution in [2.45, 2.75) is 26.3 Å². The highest BCUT2D eigenvalue weighted by Gasteiger charge is 2.14. The maximum absolute atomic E-state index is 11.9. The first-order chi connectivity index (χ1) is 9.88. The van der Waals surface area contributed by atoms with Crippen molar-refractivity contribution in [2.24, 2.45) is 11.7 Å². The van der Waals surface area contributed by atoms with Crippen LogP contribution in [0.2, 0.25) is 0 Å². The molecule has 0 bridgehead atoms. The number of rotatable bonds is 8. The summed E-state index contributed by atoms with van der Waals surface area (Å²) in [6.45, 7) is 5.60. The van der Waals surface area contributed by atoms with Crippen LogP contribution in [0.3, 0.4) is 0 Å². The fraction of sp³-hybridized carbons (Fsp3) is 0.562. The molecule has 0 aliphatic carbocycles. The number of hydrogen-bond donors (Lipinski definition) is 2.